The maximum absolute atomic E-state index is 13.1. The van der Waals surface area contributed by atoms with Gasteiger partial charge in [-0.25, -0.2) is 4.98 Å². The highest BCUT2D eigenvalue weighted by Gasteiger charge is 2.36. The molecule has 32 heavy (non-hydrogen) atoms. The Morgan fingerprint density at radius 1 is 1.19 bits per heavy atom. The van der Waals surface area contributed by atoms with Crippen LogP contribution in [0.1, 0.15) is 96.7 Å². The topological polar surface area (TPSA) is 76.5 Å². The van der Waals surface area contributed by atoms with Gasteiger partial charge in [0.25, 0.3) is 0 Å². The van der Waals surface area contributed by atoms with E-state index in [1.165, 1.54) is 0 Å². The Morgan fingerprint density at radius 2 is 1.84 bits per heavy atom. The van der Waals surface area contributed by atoms with Crippen LogP contribution in [0.3, 0.4) is 0 Å². The minimum atomic E-state index is -0.686. The van der Waals surface area contributed by atoms with Crippen molar-refractivity contribution in [2.24, 2.45) is 17.3 Å². The van der Waals surface area contributed by atoms with E-state index in [4.69, 9.17) is 4.74 Å². The van der Waals surface area contributed by atoms with Gasteiger partial charge in [0, 0.05) is 23.1 Å². The van der Waals surface area contributed by atoms with Gasteiger partial charge in [-0.2, -0.15) is 0 Å². The summed E-state index contributed by atoms with van der Waals surface area (Å²) in [7, 11) is 0. The molecule has 0 spiro atoms. The highest BCUT2D eigenvalue weighted by molar-refractivity contribution is 7.09. The van der Waals surface area contributed by atoms with E-state index in [1.807, 2.05) is 53.0 Å². The highest BCUT2D eigenvalue weighted by Crippen LogP contribution is 2.32. The average molecular weight is 464 g/mol. The van der Waals surface area contributed by atoms with Crippen molar-refractivity contribution in [2.45, 2.75) is 105 Å². The number of thiazole rings is 1. The molecule has 1 aromatic rings. The molecular weight excluding hydrogens is 422 g/mol. The molecule has 6 heteroatoms. The summed E-state index contributed by atoms with van der Waals surface area (Å²) in [4.78, 5) is 30.3. The van der Waals surface area contributed by atoms with E-state index in [9.17, 15) is 14.7 Å². The van der Waals surface area contributed by atoms with Crippen LogP contribution in [-0.2, 0) is 14.3 Å². The number of aliphatic hydroxyl groups excluding tert-OH is 1. The van der Waals surface area contributed by atoms with E-state index in [0.717, 1.165) is 54.8 Å². The Hall–Kier alpha value is -1.53. The Balaban J connectivity index is 2.16. The first-order chi connectivity index (χ1) is 15.0. The fourth-order valence-corrected chi connectivity index (χ4v) is 5.06. The van der Waals surface area contributed by atoms with Crippen molar-refractivity contribution in [3.8, 4) is 0 Å². The van der Waals surface area contributed by atoms with E-state index in [2.05, 4.69) is 4.98 Å². The molecule has 0 unspecified atom stereocenters. The first kappa shape index (κ1) is 26.7. The van der Waals surface area contributed by atoms with Gasteiger partial charge in [-0.05, 0) is 57.1 Å². The van der Waals surface area contributed by atoms with Gasteiger partial charge >= 0.3 is 5.97 Å². The number of nitrogens with zero attached hydrogens (tertiary/aromatic N) is 1. The number of cyclic esters (lactones) is 1. The molecule has 1 aliphatic rings. The maximum atomic E-state index is 13.1. The van der Waals surface area contributed by atoms with Crippen LogP contribution in [0.15, 0.2) is 11.0 Å². The first-order valence-corrected chi connectivity index (χ1v) is 12.9. The number of rotatable bonds is 2. The molecule has 1 aliphatic heterocycles. The molecular formula is C26H41NO4S. The van der Waals surface area contributed by atoms with Gasteiger partial charge < -0.3 is 9.84 Å². The molecule has 0 aromatic carbocycles. The Labute approximate surface area is 197 Å². The summed E-state index contributed by atoms with van der Waals surface area (Å²) in [6.07, 6.45) is 7.54. The highest BCUT2D eigenvalue weighted by atomic mass is 32.1. The molecule has 1 aromatic heterocycles. The zero-order chi connectivity index (χ0) is 23.9. The van der Waals surface area contributed by atoms with Gasteiger partial charge in [0.2, 0.25) is 0 Å². The summed E-state index contributed by atoms with van der Waals surface area (Å²) in [5.41, 5.74) is 1.22. The molecule has 0 bridgehead atoms. The zero-order valence-corrected chi connectivity index (χ0v) is 21.5. The van der Waals surface area contributed by atoms with Gasteiger partial charge in [0.05, 0.1) is 16.8 Å². The summed E-state index contributed by atoms with van der Waals surface area (Å²) in [6, 6.07) is 0. The lowest BCUT2D eigenvalue weighted by Crippen LogP contribution is -2.39. The summed E-state index contributed by atoms with van der Waals surface area (Å²) < 4.78 is 5.89. The SMILES string of the molecule is C/C(=C\c1csc(C)n1)[C@@H]1CCCCCC[C@H](C)[C@H](O)[C@@H](C)C(=O)C(C)(C)CCC(=O)O1. The Morgan fingerprint density at radius 3 is 2.47 bits per heavy atom. The summed E-state index contributed by atoms with van der Waals surface area (Å²) in [6.45, 7) is 11.6. The molecule has 4 atom stereocenters. The van der Waals surface area contributed by atoms with Gasteiger partial charge in [-0.15, -0.1) is 11.3 Å². The predicted molar refractivity (Wildman–Crippen MR) is 130 cm³/mol. The third-order valence-electron chi connectivity index (χ3n) is 6.80. The Bertz CT molecular complexity index is 798. The number of aromatic nitrogens is 1. The summed E-state index contributed by atoms with van der Waals surface area (Å²) in [5.74, 6) is -0.611. The molecule has 0 amide bonds. The maximum Gasteiger partial charge on any atom is 0.306 e. The van der Waals surface area contributed by atoms with E-state index in [1.54, 1.807) is 11.3 Å². The number of carbonyl (C=O) groups is 2. The standard InChI is InChI=1S/C26H41NO4S/c1-17-11-9-7-8-10-12-22(18(2)15-21-16-32-20(4)27-21)31-23(28)13-14-26(5,6)25(30)19(3)24(17)29/h15-17,19,22,24,29H,7-14H2,1-6H3/b18-15+/t17-,19+,22-,24-/m0/s1. The number of esters is 1. The van der Waals surface area contributed by atoms with Crippen molar-refractivity contribution >= 4 is 29.2 Å². The third kappa shape index (κ3) is 7.80. The van der Waals surface area contributed by atoms with Crippen molar-refractivity contribution in [1.82, 2.24) is 4.98 Å². The Kier molecular flexibility index (Phi) is 10.1. The second-order valence-corrected chi connectivity index (χ2v) is 11.2. The number of Topliss-reactive ketones (excluding diaryl/α,β-unsaturated/α-hetero) is 1. The average Bonchev–Trinajstić information content (AvgIpc) is 3.15. The number of hydrogen-bond donors (Lipinski definition) is 1. The lowest BCUT2D eigenvalue weighted by atomic mass is 9.74. The van der Waals surface area contributed by atoms with E-state index >= 15 is 0 Å². The van der Waals surface area contributed by atoms with Crippen LogP contribution in [0, 0.1) is 24.2 Å². The second kappa shape index (κ2) is 12.1. The molecule has 2 heterocycles. The molecule has 0 radical (unpaired) electrons. The first-order valence-electron chi connectivity index (χ1n) is 12.0. The number of carbonyl (C=O) groups excluding carboxylic acids is 2. The van der Waals surface area contributed by atoms with Crippen LogP contribution in [0.4, 0.5) is 0 Å². The van der Waals surface area contributed by atoms with E-state index < -0.39 is 17.4 Å². The van der Waals surface area contributed by atoms with E-state index in [0.29, 0.717) is 6.42 Å². The van der Waals surface area contributed by atoms with Gasteiger partial charge in [0.1, 0.15) is 11.9 Å². The van der Waals surface area contributed by atoms with E-state index in [-0.39, 0.29) is 30.2 Å². The van der Waals surface area contributed by atoms with Gasteiger partial charge in [0.15, 0.2) is 0 Å². The summed E-state index contributed by atoms with van der Waals surface area (Å²) in [5, 5.41) is 13.7. The largest absolute Gasteiger partial charge is 0.458 e. The lowest BCUT2D eigenvalue weighted by Gasteiger charge is -2.31. The predicted octanol–water partition coefficient (Wildman–Crippen LogP) is 6.13. The number of ketones is 1. The van der Waals surface area contributed by atoms with Crippen molar-refractivity contribution in [3.05, 3.63) is 21.7 Å². The minimum Gasteiger partial charge on any atom is -0.458 e. The van der Waals surface area contributed by atoms with Crippen molar-refractivity contribution < 1.29 is 19.4 Å². The smallest absolute Gasteiger partial charge is 0.306 e. The fraction of sp³-hybridized carbons (Fsp3) is 0.731. The van der Waals surface area contributed by atoms with Crippen molar-refractivity contribution in [3.63, 3.8) is 0 Å². The zero-order valence-electron chi connectivity index (χ0n) is 20.6. The van der Waals surface area contributed by atoms with Crippen LogP contribution in [-0.4, -0.2) is 34.1 Å². The van der Waals surface area contributed by atoms with Crippen LogP contribution < -0.4 is 0 Å². The van der Waals surface area contributed by atoms with Crippen molar-refractivity contribution in [1.29, 1.82) is 0 Å². The molecule has 1 N–H and O–H groups in total. The molecule has 1 fully saturated rings. The van der Waals surface area contributed by atoms with Crippen LogP contribution in [0.25, 0.3) is 6.08 Å². The fourth-order valence-electron chi connectivity index (χ4n) is 4.49. The minimum absolute atomic E-state index is 0.0169. The normalized spacial score (nSPS) is 29.5. The number of aryl methyl sites for hydroxylation is 1. The summed E-state index contributed by atoms with van der Waals surface area (Å²) >= 11 is 1.61. The van der Waals surface area contributed by atoms with Crippen LogP contribution >= 0.6 is 11.3 Å². The van der Waals surface area contributed by atoms with Gasteiger partial charge in [-0.3, -0.25) is 9.59 Å². The number of aliphatic hydroxyl groups is 1. The van der Waals surface area contributed by atoms with Crippen LogP contribution in [0.5, 0.6) is 0 Å². The van der Waals surface area contributed by atoms with Gasteiger partial charge in [-0.1, -0.05) is 47.0 Å². The lowest BCUT2D eigenvalue weighted by molar-refractivity contribution is -0.149. The van der Waals surface area contributed by atoms with Crippen LogP contribution in [0.2, 0.25) is 0 Å². The molecule has 180 valence electrons. The molecule has 5 nitrogen and oxygen atoms in total. The number of ether oxygens (including phenoxy) is 1. The third-order valence-corrected chi connectivity index (χ3v) is 7.59. The molecule has 1 saturated heterocycles. The molecule has 0 saturated carbocycles. The monoisotopic (exact) mass is 463 g/mol. The number of hydrogen-bond acceptors (Lipinski definition) is 6. The quantitative estimate of drug-likeness (QED) is 0.534. The second-order valence-electron chi connectivity index (χ2n) is 10.2. The molecule has 0 aliphatic carbocycles. The van der Waals surface area contributed by atoms with Crippen molar-refractivity contribution in [2.75, 3.05) is 0 Å². The molecule has 2 rings (SSSR count).